The van der Waals surface area contributed by atoms with Crippen molar-refractivity contribution in [2.24, 2.45) is 0 Å². The van der Waals surface area contributed by atoms with E-state index in [9.17, 15) is 0 Å². The molecule has 0 radical (unpaired) electrons. The van der Waals surface area contributed by atoms with Crippen LogP contribution in [0.5, 0.6) is 0 Å². The maximum absolute atomic E-state index is 2.52. The lowest BCUT2D eigenvalue weighted by Gasteiger charge is -2.34. The van der Waals surface area contributed by atoms with Gasteiger partial charge in [0.05, 0.1) is 22.3 Å². The molecule has 12 rings (SSSR count). The van der Waals surface area contributed by atoms with Crippen LogP contribution in [-0.4, -0.2) is 4.57 Å². The molecule has 0 saturated carbocycles. The van der Waals surface area contributed by atoms with Crippen molar-refractivity contribution in [2.45, 2.75) is 31.6 Å². The Labute approximate surface area is 393 Å². The average Bonchev–Trinajstić information content (AvgIpc) is 3.94. The first-order valence-electron chi connectivity index (χ1n) is 23.4. The second-order valence-corrected chi connectivity index (χ2v) is 18.9. The van der Waals surface area contributed by atoms with Crippen molar-refractivity contribution in [3.8, 4) is 39.1 Å². The van der Waals surface area contributed by atoms with E-state index in [0.717, 1.165) is 33.9 Å². The van der Waals surface area contributed by atoms with Crippen LogP contribution in [0.25, 0.3) is 60.7 Å². The molecule has 0 bridgehead atoms. The van der Waals surface area contributed by atoms with Gasteiger partial charge in [0.25, 0.3) is 0 Å². The lowest BCUT2D eigenvalue weighted by Crippen LogP contribution is -2.28. The van der Waals surface area contributed by atoms with Crippen LogP contribution in [0.4, 0.5) is 17.1 Å². The summed E-state index contributed by atoms with van der Waals surface area (Å²) in [6.07, 6.45) is 2.18. The van der Waals surface area contributed by atoms with E-state index < -0.39 is 5.41 Å². The van der Waals surface area contributed by atoms with Gasteiger partial charge in [-0.05, 0) is 121 Å². The minimum Gasteiger partial charge on any atom is -0.317 e. The summed E-state index contributed by atoms with van der Waals surface area (Å²) in [5.41, 5.74) is 18.8. The van der Waals surface area contributed by atoms with Gasteiger partial charge in [0.1, 0.15) is 0 Å². The molecule has 320 valence electrons. The summed E-state index contributed by atoms with van der Waals surface area (Å²) in [4.78, 5) is 2.52. The number of fused-ring (bicyclic) bond motifs is 5. The molecule has 0 N–H and O–H groups in total. The smallest absolute Gasteiger partial charge is 0.0713 e. The Morgan fingerprint density at radius 3 is 1.67 bits per heavy atom. The predicted molar refractivity (Wildman–Crippen MR) is 282 cm³/mol. The molecule has 0 aliphatic heterocycles. The normalized spacial score (nSPS) is 12.8. The van der Waals surface area contributed by atoms with Crippen molar-refractivity contribution in [3.63, 3.8) is 0 Å². The Morgan fingerprint density at radius 2 is 0.970 bits per heavy atom. The summed E-state index contributed by atoms with van der Waals surface area (Å²) in [7, 11) is 0. The van der Waals surface area contributed by atoms with E-state index in [1.165, 1.54) is 71.7 Å². The van der Waals surface area contributed by atoms with Crippen LogP contribution in [0.2, 0.25) is 0 Å². The van der Waals surface area contributed by atoms with E-state index in [1.54, 1.807) is 0 Å². The van der Waals surface area contributed by atoms with Gasteiger partial charge in [-0.3, -0.25) is 0 Å². The molecule has 2 heteroatoms. The van der Waals surface area contributed by atoms with Crippen molar-refractivity contribution in [2.75, 3.05) is 4.90 Å². The Balaban J connectivity index is 1.11. The highest BCUT2D eigenvalue weighted by Crippen LogP contribution is 2.58. The van der Waals surface area contributed by atoms with Gasteiger partial charge in [-0.15, -0.1) is 0 Å². The van der Waals surface area contributed by atoms with Crippen molar-refractivity contribution in [3.05, 3.63) is 277 Å². The number of aromatic nitrogens is 1. The first-order valence-corrected chi connectivity index (χ1v) is 23.4. The second-order valence-electron chi connectivity index (χ2n) is 18.9. The van der Waals surface area contributed by atoms with E-state index in [0.29, 0.717) is 0 Å². The Hall–Kier alpha value is -8.20. The van der Waals surface area contributed by atoms with Crippen LogP contribution in [0.1, 0.15) is 48.6 Å². The molecule has 0 fully saturated rings. The van der Waals surface area contributed by atoms with Crippen LogP contribution in [-0.2, 0) is 10.8 Å². The van der Waals surface area contributed by atoms with E-state index in [1.807, 2.05) is 0 Å². The molecule has 0 unspecified atom stereocenters. The fourth-order valence-electron chi connectivity index (χ4n) is 11.1. The van der Waals surface area contributed by atoms with Gasteiger partial charge in [0.2, 0.25) is 0 Å². The Morgan fingerprint density at radius 1 is 0.403 bits per heavy atom. The summed E-state index contributed by atoms with van der Waals surface area (Å²) >= 11 is 0. The molecule has 0 saturated heterocycles. The molecule has 10 aromatic carbocycles. The third kappa shape index (κ3) is 6.55. The van der Waals surface area contributed by atoms with Gasteiger partial charge in [-0.1, -0.05) is 209 Å². The van der Waals surface area contributed by atoms with E-state index in [2.05, 4.69) is 279 Å². The summed E-state index contributed by atoms with van der Waals surface area (Å²) in [6.45, 7) is 6.93. The molecule has 67 heavy (non-hydrogen) atoms. The minimum atomic E-state index is -0.493. The summed E-state index contributed by atoms with van der Waals surface area (Å²) in [5.74, 6) is 0. The number of anilines is 3. The zero-order valence-corrected chi connectivity index (χ0v) is 38.1. The first-order chi connectivity index (χ1) is 32.9. The van der Waals surface area contributed by atoms with Gasteiger partial charge in [0, 0.05) is 34.1 Å². The molecular weight excluding hydrogens is 809 g/mol. The number of nitrogens with zero attached hydrogens (tertiary/aromatic N) is 2. The molecule has 0 amide bonds. The fourth-order valence-corrected chi connectivity index (χ4v) is 11.1. The highest BCUT2D eigenvalue weighted by molar-refractivity contribution is 6.04. The Bertz CT molecular complexity index is 3570. The van der Waals surface area contributed by atoms with Crippen molar-refractivity contribution in [1.29, 1.82) is 0 Å². The molecule has 1 heterocycles. The summed E-state index contributed by atoms with van der Waals surface area (Å²) in [6, 6.07) is 89.7. The highest BCUT2D eigenvalue weighted by Gasteiger charge is 2.46. The summed E-state index contributed by atoms with van der Waals surface area (Å²) in [5, 5.41) is 3.74. The van der Waals surface area contributed by atoms with Gasteiger partial charge < -0.3 is 9.47 Å². The van der Waals surface area contributed by atoms with Crippen molar-refractivity contribution in [1.82, 2.24) is 4.57 Å². The Kier molecular flexibility index (Phi) is 9.66. The molecular formula is C65H50N2. The van der Waals surface area contributed by atoms with Crippen LogP contribution in [0.15, 0.2) is 249 Å². The van der Waals surface area contributed by atoms with Gasteiger partial charge >= 0.3 is 0 Å². The quantitative estimate of drug-likeness (QED) is 0.148. The lowest BCUT2D eigenvalue weighted by atomic mass is 9.68. The van der Waals surface area contributed by atoms with Gasteiger partial charge in [-0.2, -0.15) is 0 Å². The predicted octanol–water partition coefficient (Wildman–Crippen LogP) is 17.2. The number of benzene rings is 10. The van der Waals surface area contributed by atoms with Gasteiger partial charge in [-0.25, -0.2) is 0 Å². The van der Waals surface area contributed by atoms with E-state index in [4.69, 9.17) is 0 Å². The minimum absolute atomic E-state index is 0.0127. The molecule has 1 aromatic heterocycles. The highest BCUT2D eigenvalue weighted by atomic mass is 15.1. The van der Waals surface area contributed by atoms with Gasteiger partial charge in [0.15, 0.2) is 0 Å². The largest absolute Gasteiger partial charge is 0.317 e. The molecule has 0 spiro atoms. The zero-order valence-electron chi connectivity index (χ0n) is 38.1. The average molecular weight is 859 g/mol. The van der Waals surface area contributed by atoms with E-state index >= 15 is 0 Å². The maximum atomic E-state index is 2.52. The third-order valence-electron chi connectivity index (χ3n) is 14.0. The van der Waals surface area contributed by atoms with Crippen LogP contribution in [0, 0.1) is 0 Å². The zero-order chi connectivity index (χ0) is 45.1. The number of para-hydroxylation sites is 3. The number of hydrogen-bond acceptors (Lipinski definition) is 1. The maximum Gasteiger partial charge on any atom is 0.0713 e. The summed E-state index contributed by atoms with van der Waals surface area (Å²) < 4.78 is 2.27. The fraction of sp³-hybridized carbons (Fsp3) is 0.0769. The molecule has 11 aromatic rings. The van der Waals surface area contributed by atoms with E-state index in [-0.39, 0.29) is 5.41 Å². The third-order valence-corrected chi connectivity index (χ3v) is 14.0. The second kappa shape index (κ2) is 16.0. The standard InChI is InChI=1S/C65H50N2/c1-64(2,3)58-39-37-53(52-28-13-14-29-54(52)58)56-31-17-20-34-63(56)67(62-33-19-16-27-51(62)45-35-40-61-46(43-45)41-42-66(61)49-25-11-6-12-26-49)50-36-38-60-57(44-50)55-30-15-18-32-59(55)65(60,47-21-7-4-8-22-47)48-23-9-5-10-24-48/h4-44H,1-3H3. The molecule has 2 nitrogen and oxygen atoms in total. The van der Waals surface area contributed by atoms with Crippen LogP contribution < -0.4 is 4.90 Å². The SMILES string of the molecule is CC(C)(C)c1ccc(-c2ccccc2N(c2ccc3c(c2)-c2ccccc2C3(c2ccccc2)c2ccccc2)c2ccccc2-c2ccc3c(ccn3-c3ccccc3)c2)c2ccccc12. The van der Waals surface area contributed by atoms with Crippen LogP contribution >= 0.6 is 0 Å². The topological polar surface area (TPSA) is 8.17 Å². The van der Waals surface area contributed by atoms with Crippen molar-refractivity contribution < 1.29 is 0 Å². The lowest BCUT2D eigenvalue weighted by molar-refractivity contribution is 0.596. The monoisotopic (exact) mass is 858 g/mol. The molecule has 1 aliphatic rings. The number of hydrogen-bond donors (Lipinski definition) is 0. The molecule has 1 aliphatic carbocycles. The first kappa shape index (κ1) is 40.3. The molecule has 0 atom stereocenters. The van der Waals surface area contributed by atoms with Crippen molar-refractivity contribution >= 4 is 38.7 Å². The number of rotatable bonds is 8. The van der Waals surface area contributed by atoms with Crippen LogP contribution in [0.3, 0.4) is 0 Å².